The Morgan fingerprint density at radius 3 is 2.17 bits per heavy atom. The number of carbonyl (C=O) groups excluding carboxylic acids is 1. The van der Waals surface area contributed by atoms with Crippen LogP contribution in [0.5, 0.6) is 5.75 Å². The van der Waals surface area contributed by atoms with Crippen LogP contribution in [0.2, 0.25) is 0 Å². The molecule has 0 unspecified atom stereocenters. The SMILES string of the molecule is CCCOC(CC(C)C)(CC(C)C)C(=O)Nc1ccc(OCCN2CCCC2)cc1. The highest BCUT2D eigenvalue weighted by atomic mass is 16.5. The largest absolute Gasteiger partial charge is 0.492 e. The molecule has 0 aromatic heterocycles. The molecule has 2 rings (SSSR count). The number of hydrogen-bond acceptors (Lipinski definition) is 4. The summed E-state index contributed by atoms with van der Waals surface area (Å²) in [7, 11) is 0. The topological polar surface area (TPSA) is 50.8 Å². The van der Waals surface area contributed by atoms with Crippen molar-refractivity contribution in [2.45, 2.75) is 72.3 Å². The minimum absolute atomic E-state index is 0.0407. The number of nitrogens with one attached hydrogen (secondary N) is 1. The fourth-order valence-corrected chi connectivity index (χ4v) is 4.25. The van der Waals surface area contributed by atoms with Crippen molar-refractivity contribution in [2.24, 2.45) is 11.8 Å². The molecule has 0 aliphatic carbocycles. The van der Waals surface area contributed by atoms with Gasteiger partial charge in [0, 0.05) is 18.8 Å². The molecule has 1 aliphatic heterocycles. The average Bonchev–Trinajstić information content (AvgIpc) is 3.20. The molecule has 5 nitrogen and oxygen atoms in total. The molecular weight excluding hydrogens is 376 g/mol. The van der Waals surface area contributed by atoms with Crippen LogP contribution >= 0.6 is 0 Å². The Morgan fingerprint density at radius 1 is 1.03 bits per heavy atom. The van der Waals surface area contributed by atoms with Gasteiger partial charge in [0.2, 0.25) is 0 Å². The fourth-order valence-electron chi connectivity index (χ4n) is 4.25. The van der Waals surface area contributed by atoms with Gasteiger partial charge in [-0.05, 0) is 81.3 Å². The summed E-state index contributed by atoms with van der Waals surface area (Å²) in [5.41, 5.74) is -0.00708. The maximum atomic E-state index is 13.3. The second-order valence-electron chi connectivity index (χ2n) is 9.41. The van der Waals surface area contributed by atoms with Crippen molar-refractivity contribution >= 4 is 11.6 Å². The van der Waals surface area contributed by atoms with E-state index in [4.69, 9.17) is 9.47 Å². The van der Waals surface area contributed by atoms with Crippen LogP contribution in [-0.2, 0) is 9.53 Å². The van der Waals surface area contributed by atoms with Gasteiger partial charge >= 0.3 is 0 Å². The third-order valence-electron chi connectivity index (χ3n) is 5.46. The number of rotatable bonds is 13. The molecule has 1 aromatic carbocycles. The number of carbonyl (C=O) groups is 1. The molecule has 1 N–H and O–H groups in total. The third-order valence-corrected chi connectivity index (χ3v) is 5.46. The zero-order valence-corrected chi connectivity index (χ0v) is 19.7. The highest BCUT2D eigenvalue weighted by molar-refractivity contribution is 5.97. The molecule has 0 saturated carbocycles. The van der Waals surface area contributed by atoms with Crippen molar-refractivity contribution < 1.29 is 14.3 Å². The summed E-state index contributed by atoms with van der Waals surface area (Å²) in [6.07, 6.45) is 4.93. The van der Waals surface area contributed by atoms with E-state index in [-0.39, 0.29) is 5.91 Å². The molecule has 1 heterocycles. The second kappa shape index (κ2) is 12.3. The van der Waals surface area contributed by atoms with E-state index in [1.165, 1.54) is 25.9 Å². The number of anilines is 1. The molecule has 0 atom stereocenters. The number of likely N-dealkylation sites (tertiary alicyclic amines) is 1. The maximum Gasteiger partial charge on any atom is 0.256 e. The molecule has 30 heavy (non-hydrogen) atoms. The van der Waals surface area contributed by atoms with Crippen molar-refractivity contribution in [3.05, 3.63) is 24.3 Å². The Labute approximate surface area is 183 Å². The van der Waals surface area contributed by atoms with Crippen LogP contribution in [0, 0.1) is 11.8 Å². The lowest BCUT2D eigenvalue weighted by atomic mass is 9.83. The van der Waals surface area contributed by atoms with Gasteiger partial charge in [-0.25, -0.2) is 0 Å². The molecule has 170 valence electrons. The summed E-state index contributed by atoms with van der Waals surface area (Å²) in [6, 6.07) is 7.69. The fraction of sp³-hybridized carbons (Fsp3) is 0.720. The van der Waals surface area contributed by atoms with Crippen LogP contribution in [0.4, 0.5) is 5.69 Å². The Balaban J connectivity index is 1.98. The van der Waals surface area contributed by atoms with Crippen LogP contribution in [0.3, 0.4) is 0 Å². The molecule has 0 radical (unpaired) electrons. The first-order valence-corrected chi connectivity index (χ1v) is 11.7. The van der Waals surface area contributed by atoms with E-state index in [2.05, 4.69) is 44.8 Å². The Bertz CT molecular complexity index is 612. The van der Waals surface area contributed by atoms with E-state index in [1.54, 1.807) is 0 Å². The molecule has 1 saturated heterocycles. The van der Waals surface area contributed by atoms with E-state index in [1.807, 2.05) is 24.3 Å². The molecule has 1 fully saturated rings. The lowest BCUT2D eigenvalue weighted by Crippen LogP contribution is -2.47. The summed E-state index contributed by atoms with van der Waals surface area (Å²) in [5, 5.41) is 3.10. The zero-order chi connectivity index (χ0) is 22.0. The summed E-state index contributed by atoms with van der Waals surface area (Å²) in [4.78, 5) is 15.8. The summed E-state index contributed by atoms with van der Waals surface area (Å²) in [6.45, 7) is 15.3. The standard InChI is InChI=1S/C25H42N2O3/c1-6-16-30-25(18-20(2)3,19-21(4)5)24(28)26-22-9-11-23(12-10-22)29-17-15-27-13-7-8-14-27/h9-12,20-21H,6-8,13-19H2,1-5H3,(H,26,28). The quantitative estimate of drug-likeness (QED) is 0.469. The first kappa shape index (κ1) is 24.7. The molecule has 1 amide bonds. The summed E-state index contributed by atoms with van der Waals surface area (Å²) in [5.74, 6) is 1.54. The van der Waals surface area contributed by atoms with E-state index in [0.29, 0.717) is 37.9 Å². The predicted molar refractivity (Wildman–Crippen MR) is 124 cm³/mol. The van der Waals surface area contributed by atoms with Crippen LogP contribution in [0.25, 0.3) is 0 Å². The van der Waals surface area contributed by atoms with Crippen molar-refractivity contribution in [3.63, 3.8) is 0 Å². The van der Waals surface area contributed by atoms with Crippen molar-refractivity contribution in [1.29, 1.82) is 0 Å². The predicted octanol–water partition coefficient (Wildman–Crippen LogP) is 5.36. The normalized spacial score (nSPS) is 15.2. The number of hydrogen-bond donors (Lipinski definition) is 1. The Morgan fingerprint density at radius 2 is 1.63 bits per heavy atom. The molecule has 5 heteroatoms. The van der Waals surface area contributed by atoms with Gasteiger partial charge in [0.05, 0.1) is 0 Å². The molecule has 1 aliphatic rings. The Kier molecular flexibility index (Phi) is 10.1. The van der Waals surface area contributed by atoms with E-state index in [0.717, 1.165) is 24.4 Å². The maximum absolute atomic E-state index is 13.3. The van der Waals surface area contributed by atoms with Crippen molar-refractivity contribution in [3.8, 4) is 5.75 Å². The van der Waals surface area contributed by atoms with Gasteiger partial charge in [-0.1, -0.05) is 34.6 Å². The number of amides is 1. The summed E-state index contributed by atoms with van der Waals surface area (Å²) >= 11 is 0. The molecule has 0 bridgehead atoms. The smallest absolute Gasteiger partial charge is 0.256 e. The van der Waals surface area contributed by atoms with E-state index < -0.39 is 5.60 Å². The minimum atomic E-state index is -0.788. The number of benzene rings is 1. The average molecular weight is 419 g/mol. The molecule has 0 spiro atoms. The first-order chi connectivity index (χ1) is 14.3. The Hall–Kier alpha value is -1.59. The third kappa shape index (κ3) is 7.92. The molecule has 1 aromatic rings. The van der Waals surface area contributed by atoms with Gasteiger partial charge in [0.25, 0.3) is 5.91 Å². The minimum Gasteiger partial charge on any atom is -0.492 e. The summed E-state index contributed by atoms with van der Waals surface area (Å²) < 4.78 is 12.1. The van der Waals surface area contributed by atoms with Crippen molar-refractivity contribution in [2.75, 3.05) is 38.2 Å². The van der Waals surface area contributed by atoms with Crippen LogP contribution in [-0.4, -0.2) is 49.3 Å². The molecular formula is C25H42N2O3. The highest BCUT2D eigenvalue weighted by Gasteiger charge is 2.40. The number of nitrogens with zero attached hydrogens (tertiary/aromatic N) is 1. The van der Waals surface area contributed by atoms with Gasteiger partial charge in [-0.15, -0.1) is 0 Å². The van der Waals surface area contributed by atoms with Gasteiger partial charge in [0.1, 0.15) is 18.0 Å². The highest BCUT2D eigenvalue weighted by Crippen LogP contribution is 2.31. The zero-order valence-electron chi connectivity index (χ0n) is 19.7. The van der Waals surface area contributed by atoms with E-state index >= 15 is 0 Å². The number of ether oxygens (including phenoxy) is 2. The lowest BCUT2D eigenvalue weighted by molar-refractivity contribution is -0.147. The van der Waals surface area contributed by atoms with E-state index in [9.17, 15) is 4.79 Å². The van der Waals surface area contributed by atoms with Gasteiger partial charge in [0.15, 0.2) is 0 Å². The lowest BCUT2D eigenvalue weighted by Gasteiger charge is -2.35. The first-order valence-electron chi connectivity index (χ1n) is 11.7. The van der Waals surface area contributed by atoms with Gasteiger partial charge < -0.3 is 14.8 Å². The van der Waals surface area contributed by atoms with Crippen molar-refractivity contribution in [1.82, 2.24) is 4.90 Å². The van der Waals surface area contributed by atoms with Gasteiger partial charge in [-0.3, -0.25) is 9.69 Å². The second-order valence-corrected chi connectivity index (χ2v) is 9.41. The van der Waals surface area contributed by atoms with Crippen LogP contribution < -0.4 is 10.1 Å². The van der Waals surface area contributed by atoms with Crippen LogP contribution in [0.15, 0.2) is 24.3 Å². The van der Waals surface area contributed by atoms with Gasteiger partial charge in [-0.2, -0.15) is 0 Å². The monoisotopic (exact) mass is 418 g/mol. The van der Waals surface area contributed by atoms with Crippen LogP contribution in [0.1, 0.15) is 66.7 Å².